The summed E-state index contributed by atoms with van der Waals surface area (Å²) in [7, 11) is 3.43. The number of hydrogen-bond acceptors (Lipinski definition) is 6. The second-order valence-electron chi connectivity index (χ2n) is 9.09. The van der Waals surface area contributed by atoms with E-state index >= 15 is 0 Å². The summed E-state index contributed by atoms with van der Waals surface area (Å²) in [6.45, 7) is 6.07. The van der Waals surface area contributed by atoms with Crippen LogP contribution in [0.2, 0.25) is 0 Å². The van der Waals surface area contributed by atoms with Crippen LogP contribution in [-0.4, -0.2) is 65.7 Å². The van der Waals surface area contributed by atoms with Crippen LogP contribution in [0.1, 0.15) is 52.9 Å². The topological polar surface area (TPSA) is 88.5 Å². The van der Waals surface area contributed by atoms with Crippen molar-refractivity contribution in [3.8, 4) is 0 Å². The summed E-state index contributed by atoms with van der Waals surface area (Å²) in [4.78, 5) is 13.3. The molecule has 2 aliphatic heterocycles. The van der Waals surface area contributed by atoms with E-state index in [1.807, 2.05) is 6.92 Å². The van der Waals surface area contributed by atoms with Crippen LogP contribution in [0.25, 0.3) is 0 Å². The fourth-order valence-corrected chi connectivity index (χ4v) is 5.21. The van der Waals surface area contributed by atoms with Crippen LogP contribution in [-0.2, 0) is 19.0 Å². The van der Waals surface area contributed by atoms with Crippen LogP contribution in [0.5, 0.6) is 0 Å². The number of carbonyl (C=O) groups is 1. The highest BCUT2D eigenvalue weighted by Crippen LogP contribution is 2.55. The molecule has 3 fully saturated rings. The Bertz CT molecular complexity index is 553. The average Bonchev–Trinajstić information content (AvgIpc) is 2.67. The molecular weight excluding hydrogens is 350 g/mol. The van der Waals surface area contributed by atoms with Gasteiger partial charge in [0, 0.05) is 32.4 Å². The smallest absolute Gasteiger partial charge is 0.224 e. The van der Waals surface area contributed by atoms with Crippen molar-refractivity contribution in [1.82, 2.24) is 4.90 Å². The lowest BCUT2D eigenvalue weighted by atomic mass is 9.58. The molecule has 2 heterocycles. The maximum atomic E-state index is 11.8. The Morgan fingerprint density at radius 2 is 1.89 bits per heavy atom. The first-order chi connectivity index (χ1) is 12.6. The third-order valence-electron chi connectivity index (χ3n) is 6.88. The molecule has 0 aromatic heterocycles. The number of carbonyl (C=O) groups excluding carboxylic acids is 1. The van der Waals surface area contributed by atoms with Gasteiger partial charge in [0.15, 0.2) is 18.4 Å². The molecule has 8 atom stereocenters. The van der Waals surface area contributed by atoms with Gasteiger partial charge in [-0.15, -0.1) is 0 Å². The van der Waals surface area contributed by atoms with Crippen molar-refractivity contribution in [3.05, 3.63) is 0 Å². The lowest BCUT2D eigenvalue weighted by molar-refractivity contribution is -0.408. The van der Waals surface area contributed by atoms with Gasteiger partial charge in [0.1, 0.15) is 5.60 Å². The van der Waals surface area contributed by atoms with Gasteiger partial charge < -0.3 is 29.3 Å². The zero-order chi connectivity index (χ0) is 20.0. The Hall–Kier alpha value is -0.730. The number of amides is 1. The molecule has 0 aromatic rings. The molecule has 7 heteroatoms. The number of nitrogens with zero attached hydrogens (tertiary/aromatic N) is 1. The lowest BCUT2D eigenvalue weighted by Crippen LogP contribution is -2.67. The first-order valence-corrected chi connectivity index (χ1v) is 10.2. The van der Waals surface area contributed by atoms with E-state index < -0.39 is 24.0 Å². The monoisotopic (exact) mass is 385 g/mol. The number of rotatable bonds is 4. The predicted molar refractivity (Wildman–Crippen MR) is 98.4 cm³/mol. The van der Waals surface area contributed by atoms with E-state index in [1.54, 1.807) is 21.0 Å². The largest absolute Gasteiger partial charge is 0.384 e. The zero-order valence-electron chi connectivity index (χ0n) is 17.2. The maximum absolute atomic E-state index is 11.8. The van der Waals surface area contributed by atoms with Gasteiger partial charge in [-0.05, 0) is 38.0 Å². The van der Waals surface area contributed by atoms with Gasteiger partial charge in [0.25, 0.3) is 0 Å². The summed E-state index contributed by atoms with van der Waals surface area (Å²) in [5.74, 6) is -1.03. The molecule has 0 bridgehead atoms. The van der Waals surface area contributed by atoms with E-state index in [4.69, 9.17) is 14.2 Å². The van der Waals surface area contributed by atoms with Crippen LogP contribution in [0.3, 0.4) is 0 Å². The molecule has 1 amide bonds. The van der Waals surface area contributed by atoms with Crippen molar-refractivity contribution >= 4 is 5.91 Å². The fourth-order valence-electron chi connectivity index (χ4n) is 5.21. The maximum Gasteiger partial charge on any atom is 0.224 e. The van der Waals surface area contributed by atoms with Crippen molar-refractivity contribution in [2.24, 2.45) is 23.7 Å². The van der Waals surface area contributed by atoms with E-state index in [1.165, 1.54) is 4.90 Å². The van der Waals surface area contributed by atoms with Crippen molar-refractivity contribution in [3.63, 3.8) is 0 Å². The standard InChI is InChI=1S/C20H35NO6/c1-12-6-7-15-13(2)17(25-11-9-16(22)21(4)5)26-18-20(15,24)14(12)8-10-19(3,23)27-18/h12-15,17-18,23-24H,6-11H2,1-5H3/t12-,13-,14?,15?,17?,18-,19+,20-/m1/s1. The van der Waals surface area contributed by atoms with Gasteiger partial charge in [-0.2, -0.15) is 0 Å². The Labute approximate surface area is 162 Å². The number of hydrogen-bond donors (Lipinski definition) is 2. The molecule has 1 aliphatic carbocycles. The summed E-state index contributed by atoms with van der Waals surface area (Å²) in [5, 5.41) is 22.3. The van der Waals surface area contributed by atoms with E-state index in [0.717, 1.165) is 12.8 Å². The summed E-state index contributed by atoms with van der Waals surface area (Å²) < 4.78 is 17.8. The summed E-state index contributed by atoms with van der Waals surface area (Å²) >= 11 is 0. The Balaban J connectivity index is 1.78. The van der Waals surface area contributed by atoms with Gasteiger partial charge in [-0.1, -0.05) is 13.8 Å². The molecule has 3 unspecified atom stereocenters. The zero-order valence-corrected chi connectivity index (χ0v) is 17.2. The number of aliphatic hydroxyl groups is 2. The van der Waals surface area contributed by atoms with Crippen LogP contribution in [0.4, 0.5) is 0 Å². The van der Waals surface area contributed by atoms with Crippen LogP contribution in [0, 0.1) is 23.7 Å². The van der Waals surface area contributed by atoms with E-state index in [0.29, 0.717) is 18.8 Å². The van der Waals surface area contributed by atoms with E-state index in [2.05, 4.69) is 6.92 Å². The first kappa shape index (κ1) is 21.0. The molecule has 0 aromatic carbocycles. The molecule has 2 saturated heterocycles. The van der Waals surface area contributed by atoms with Crippen molar-refractivity contribution < 1.29 is 29.2 Å². The van der Waals surface area contributed by atoms with Gasteiger partial charge in [-0.3, -0.25) is 4.79 Å². The van der Waals surface area contributed by atoms with Gasteiger partial charge >= 0.3 is 0 Å². The highest BCUT2D eigenvalue weighted by atomic mass is 16.8. The molecule has 156 valence electrons. The Morgan fingerprint density at radius 1 is 1.19 bits per heavy atom. The highest BCUT2D eigenvalue weighted by molar-refractivity contribution is 5.75. The minimum atomic E-state index is -1.34. The summed E-state index contributed by atoms with van der Waals surface area (Å²) in [5.41, 5.74) is -1.13. The predicted octanol–water partition coefficient (Wildman–Crippen LogP) is 1.71. The van der Waals surface area contributed by atoms with Gasteiger partial charge in [0.2, 0.25) is 5.91 Å². The molecule has 1 saturated carbocycles. The normalized spacial score (nSPS) is 47.1. The second-order valence-corrected chi connectivity index (χ2v) is 9.09. The Kier molecular flexibility index (Phi) is 5.90. The van der Waals surface area contributed by atoms with Crippen molar-refractivity contribution in [2.45, 2.75) is 76.8 Å². The van der Waals surface area contributed by atoms with E-state index in [-0.39, 0.29) is 36.7 Å². The van der Waals surface area contributed by atoms with Crippen molar-refractivity contribution in [1.29, 1.82) is 0 Å². The Morgan fingerprint density at radius 3 is 2.56 bits per heavy atom. The van der Waals surface area contributed by atoms with Gasteiger partial charge in [0.05, 0.1) is 13.0 Å². The third-order valence-corrected chi connectivity index (χ3v) is 6.88. The number of ether oxygens (including phenoxy) is 3. The first-order valence-electron chi connectivity index (χ1n) is 10.2. The average molecular weight is 386 g/mol. The van der Waals surface area contributed by atoms with Crippen LogP contribution in [0.15, 0.2) is 0 Å². The third kappa shape index (κ3) is 3.90. The quantitative estimate of drug-likeness (QED) is 0.766. The molecule has 3 aliphatic rings. The second kappa shape index (κ2) is 7.59. The molecule has 7 nitrogen and oxygen atoms in total. The summed E-state index contributed by atoms with van der Waals surface area (Å²) in [6.07, 6.45) is 1.85. The highest BCUT2D eigenvalue weighted by Gasteiger charge is 2.63. The fraction of sp³-hybridized carbons (Fsp3) is 0.950. The summed E-state index contributed by atoms with van der Waals surface area (Å²) in [6, 6.07) is 0. The van der Waals surface area contributed by atoms with Crippen LogP contribution >= 0.6 is 0 Å². The molecule has 0 spiro atoms. The lowest BCUT2D eigenvalue weighted by Gasteiger charge is -2.57. The molecule has 3 rings (SSSR count). The van der Waals surface area contributed by atoms with Crippen LogP contribution < -0.4 is 0 Å². The minimum absolute atomic E-state index is 0.00447. The molecule has 2 N–H and O–H groups in total. The molecular formula is C20H35NO6. The van der Waals surface area contributed by atoms with Gasteiger partial charge in [-0.25, -0.2) is 0 Å². The minimum Gasteiger partial charge on any atom is -0.384 e. The van der Waals surface area contributed by atoms with E-state index in [9.17, 15) is 15.0 Å². The SMILES string of the molecule is C[C@H]1C(OCCC(=O)N(C)C)O[C@@H]2O[C@](C)(O)CCC3[C@H](C)CCC1[C@]32O. The van der Waals surface area contributed by atoms with Crippen molar-refractivity contribution in [2.75, 3.05) is 20.7 Å². The molecule has 27 heavy (non-hydrogen) atoms. The molecule has 0 radical (unpaired) electrons.